The minimum Gasteiger partial charge on any atom is -0.497 e. The van der Waals surface area contributed by atoms with Crippen LogP contribution in [0.5, 0.6) is 5.75 Å². The van der Waals surface area contributed by atoms with Crippen LogP contribution in [0.2, 0.25) is 0 Å². The number of fused-ring (bicyclic) bond motifs is 2. The Morgan fingerprint density at radius 3 is 2.81 bits per heavy atom. The van der Waals surface area contributed by atoms with Crippen LogP contribution in [0.4, 0.5) is 0 Å². The van der Waals surface area contributed by atoms with Gasteiger partial charge in [-0.3, -0.25) is 4.98 Å². The first-order valence-electron chi connectivity index (χ1n) is 7.48. The summed E-state index contributed by atoms with van der Waals surface area (Å²) in [5.74, 6) is 0.876. The molecule has 0 bridgehead atoms. The van der Waals surface area contributed by atoms with Crippen molar-refractivity contribution in [3.8, 4) is 17.0 Å². The molecule has 3 aromatic rings. The van der Waals surface area contributed by atoms with Crippen LogP contribution in [-0.4, -0.2) is 17.1 Å². The Morgan fingerprint density at radius 1 is 1.10 bits per heavy atom. The predicted molar refractivity (Wildman–Crippen MR) is 84.7 cm³/mol. The Kier molecular flexibility index (Phi) is 2.92. The molecule has 3 nitrogen and oxygen atoms in total. The molecule has 3 heteroatoms. The number of aromatic amines is 1. The van der Waals surface area contributed by atoms with E-state index in [4.69, 9.17) is 4.74 Å². The number of methoxy groups -OCH3 is 1. The predicted octanol–water partition coefficient (Wildman–Crippen LogP) is 4.12. The monoisotopic (exact) mass is 278 g/mol. The molecule has 1 N–H and O–H groups in total. The Bertz CT molecular complexity index is 804. The Balaban J connectivity index is 1.86. The molecule has 2 heterocycles. The maximum Gasteiger partial charge on any atom is 0.119 e. The van der Waals surface area contributed by atoms with Crippen LogP contribution in [0.15, 0.2) is 36.7 Å². The van der Waals surface area contributed by atoms with Crippen molar-refractivity contribution in [2.45, 2.75) is 25.7 Å². The molecule has 0 amide bonds. The molecule has 0 spiro atoms. The van der Waals surface area contributed by atoms with E-state index in [1.54, 1.807) is 7.11 Å². The lowest BCUT2D eigenvalue weighted by Gasteiger charge is -2.15. The summed E-state index contributed by atoms with van der Waals surface area (Å²) >= 11 is 0. The summed E-state index contributed by atoms with van der Waals surface area (Å²) in [7, 11) is 1.70. The number of rotatable bonds is 2. The SMILES string of the molecule is COc1ccc2[nH]cc(-c3cc4c(cn3)CCCC4)c2c1. The van der Waals surface area contributed by atoms with Crippen molar-refractivity contribution >= 4 is 10.9 Å². The number of nitrogens with one attached hydrogen (secondary N) is 1. The summed E-state index contributed by atoms with van der Waals surface area (Å²) in [5.41, 5.74) is 6.20. The van der Waals surface area contributed by atoms with E-state index in [1.165, 1.54) is 36.8 Å². The maximum absolute atomic E-state index is 5.34. The van der Waals surface area contributed by atoms with Crippen molar-refractivity contribution in [1.29, 1.82) is 0 Å². The molecule has 0 saturated carbocycles. The van der Waals surface area contributed by atoms with Crippen LogP contribution >= 0.6 is 0 Å². The second-order valence-corrected chi connectivity index (χ2v) is 5.66. The molecule has 1 aliphatic carbocycles. The van der Waals surface area contributed by atoms with Crippen LogP contribution in [0, 0.1) is 0 Å². The molecule has 1 aliphatic rings. The molecule has 0 radical (unpaired) electrons. The zero-order valence-corrected chi connectivity index (χ0v) is 12.1. The van der Waals surface area contributed by atoms with Gasteiger partial charge in [-0.1, -0.05) is 0 Å². The molecule has 0 atom stereocenters. The zero-order valence-electron chi connectivity index (χ0n) is 12.1. The highest BCUT2D eigenvalue weighted by Gasteiger charge is 2.13. The molecule has 0 fully saturated rings. The molecule has 106 valence electrons. The molecule has 0 aliphatic heterocycles. The summed E-state index contributed by atoms with van der Waals surface area (Å²) in [5, 5.41) is 1.16. The molecule has 0 saturated heterocycles. The zero-order chi connectivity index (χ0) is 14.2. The summed E-state index contributed by atoms with van der Waals surface area (Å²) in [6.45, 7) is 0. The highest BCUT2D eigenvalue weighted by atomic mass is 16.5. The van der Waals surface area contributed by atoms with Gasteiger partial charge >= 0.3 is 0 Å². The van der Waals surface area contributed by atoms with Crippen molar-refractivity contribution in [1.82, 2.24) is 9.97 Å². The number of aromatic nitrogens is 2. The lowest BCUT2D eigenvalue weighted by Crippen LogP contribution is -2.03. The number of hydrogen-bond donors (Lipinski definition) is 1. The van der Waals surface area contributed by atoms with E-state index >= 15 is 0 Å². The largest absolute Gasteiger partial charge is 0.497 e. The molecule has 4 rings (SSSR count). The van der Waals surface area contributed by atoms with Gasteiger partial charge in [0.1, 0.15) is 5.75 Å². The van der Waals surface area contributed by atoms with Gasteiger partial charge in [-0.25, -0.2) is 0 Å². The standard InChI is InChI=1S/C18H18N2O/c1-21-14-6-7-17-15(9-14)16(11-20-17)18-8-12-4-2-3-5-13(12)10-19-18/h6-11,20H,2-5H2,1H3. The Hall–Kier alpha value is -2.29. The fourth-order valence-electron chi connectivity index (χ4n) is 3.20. The van der Waals surface area contributed by atoms with E-state index in [0.717, 1.165) is 27.9 Å². The van der Waals surface area contributed by atoms with Gasteiger partial charge in [-0.2, -0.15) is 0 Å². The van der Waals surface area contributed by atoms with Crippen LogP contribution in [0.1, 0.15) is 24.0 Å². The lowest BCUT2D eigenvalue weighted by molar-refractivity contribution is 0.415. The van der Waals surface area contributed by atoms with Crippen LogP contribution in [0.3, 0.4) is 0 Å². The van der Waals surface area contributed by atoms with Gasteiger partial charge in [0.25, 0.3) is 0 Å². The van der Waals surface area contributed by atoms with Crippen molar-refractivity contribution in [2.24, 2.45) is 0 Å². The number of ether oxygens (including phenoxy) is 1. The average molecular weight is 278 g/mol. The van der Waals surface area contributed by atoms with Gasteiger partial charge in [0.05, 0.1) is 12.8 Å². The van der Waals surface area contributed by atoms with Crippen LogP contribution < -0.4 is 4.74 Å². The highest BCUT2D eigenvalue weighted by molar-refractivity contribution is 5.95. The van der Waals surface area contributed by atoms with Gasteiger partial charge in [0.2, 0.25) is 0 Å². The normalized spacial score (nSPS) is 14.1. The first-order chi connectivity index (χ1) is 10.3. The topological polar surface area (TPSA) is 37.9 Å². The van der Waals surface area contributed by atoms with E-state index in [2.05, 4.69) is 34.4 Å². The number of hydrogen-bond acceptors (Lipinski definition) is 2. The highest BCUT2D eigenvalue weighted by Crippen LogP contribution is 2.32. The van der Waals surface area contributed by atoms with Gasteiger partial charge in [-0.05, 0) is 61.1 Å². The van der Waals surface area contributed by atoms with E-state index in [1.807, 2.05) is 12.3 Å². The van der Waals surface area contributed by atoms with Crippen molar-refractivity contribution < 1.29 is 4.74 Å². The number of H-pyrrole nitrogens is 1. The third-order valence-corrected chi connectivity index (χ3v) is 4.39. The Labute approximate surface area is 124 Å². The smallest absolute Gasteiger partial charge is 0.119 e. The quantitative estimate of drug-likeness (QED) is 0.765. The molecule has 1 aromatic carbocycles. The molecule has 21 heavy (non-hydrogen) atoms. The third kappa shape index (κ3) is 2.09. The lowest BCUT2D eigenvalue weighted by atomic mass is 9.92. The van der Waals surface area contributed by atoms with Gasteiger partial charge in [-0.15, -0.1) is 0 Å². The van der Waals surface area contributed by atoms with Crippen molar-refractivity contribution in [2.75, 3.05) is 7.11 Å². The summed E-state index contributed by atoms with van der Waals surface area (Å²) < 4.78 is 5.34. The number of aryl methyl sites for hydroxylation is 2. The minimum atomic E-state index is 0.876. The molecular formula is C18H18N2O. The van der Waals surface area contributed by atoms with Gasteiger partial charge < -0.3 is 9.72 Å². The Morgan fingerprint density at radius 2 is 1.95 bits per heavy atom. The second kappa shape index (κ2) is 4.92. The maximum atomic E-state index is 5.34. The minimum absolute atomic E-state index is 0.876. The van der Waals surface area contributed by atoms with Gasteiger partial charge in [0.15, 0.2) is 0 Å². The van der Waals surface area contributed by atoms with Gasteiger partial charge in [0, 0.05) is 28.9 Å². The number of nitrogens with zero attached hydrogens (tertiary/aromatic N) is 1. The third-order valence-electron chi connectivity index (χ3n) is 4.39. The van der Waals surface area contributed by atoms with Crippen molar-refractivity contribution in [3.05, 3.63) is 47.8 Å². The molecule has 0 unspecified atom stereocenters. The van der Waals surface area contributed by atoms with Crippen molar-refractivity contribution in [3.63, 3.8) is 0 Å². The summed E-state index contributed by atoms with van der Waals surface area (Å²) in [6, 6.07) is 8.36. The fourth-order valence-corrected chi connectivity index (χ4v) is 3.20. The van der Waals surface area contributed by atoms with E-state index in [9.17, 15) is 0 Å². The average Bonchev–Trinajstić information content (AvgIpc) is 2.97. The fraction of sp³-hybridized carbons (Fsp3) is 0.278. The number of benzene rings is 1. The summed E-state index contributed by atoms with van der Waals surface area (Å²) in [4.78, 5) is 8.00. The van der Waals surface area contributed by atoms with Crippen LogP contribution in [-0.2, 0) is 12.8 Å². The number of pyridine rings is 1. The first kappa shape index (κ1) is 12.5. The van der Waals surface area contributed by atoms with E-state index < -0.39 is 0 Å². The van der Waals surface area contributed by atoms with Crippen LogP contribution in [0.25, 0.3) is 22.2 Å². The molecule has 2 aromatic heterocycles. The first-order valence-corrected chi connectivity index (χ1v) is 7.48. The van der Waals surface area contributed by atoms with E-state index in [0.29, 0.717) is 0 Å². The van der Waals surface area contributed by atoms with E-state index in [-0.39, 0.29) is 0 Å². The molecular weight excluding hydrogens is 260 g/mol. The summed E-state index contributed by atoms with van der Waals surface area (Å²) in [6.07, 6.45) is 9.03. The second-order valence-electron chi connectivity index (χ2n) is 5.66.